The fourth-order valence-electron chi connectivity index (χ4n) is 2.17. The van der Waals surface area contributed by atoms with Crippen LogP contribution in [0.1, 0.15) is 58.8 Å². The lowest BCUT2D eigenvalue weighted by Crippen LogP contribution is -2.43. The number of rotatable bonds is 3. The van der Waals surface area contributed by atoms with Crippen molar-refractivity contribution >= 4 is 18.3 Å². The predicted molar refractivity (Wildman–Crippen MR) is 74.3 cm³/mol. The lowest BCUT2D eigenvalue weighted by Gasteiger charge is -2.24. The first kappa shape index (κ1) is 16.7. The second kappa shape index (κ2) is 8.76. The van der Waals surface area contributed by atoms with E-state index in [1.54, 1.807) is 0 Å². The van der Waals surface area contributed by atoms with Crippen LogP contribution in [0.4, 0.5) is 0 Å². The van der Waals surface area contributed by atoms with Gasteiger partial charge in [0.25, 0.3) is 0 Å². The van der Waals surface area contributed by atoms with Crippen LogP contribution in [0.5, 0.6) is 0 Å². The molecule has 1 rings (SSSR count). The first-order valence-electron chi connectivity index (χ1n) is 6.67. The minimum absolute atomic E-state index is 0. The summed E-state index contributed by atoms with van der Waals surface area (Å²) in [5, 5.41) is 3.15. The van der Waals surface area contributed by atoms with Gasteiger partial charge in [0.05, 0.1) is 0 Å². The van der Waals surface area contributed by atoms with Gasteiger partial charge < -0.3 is 11.1 Å². The maximum Gasteiger partial charge on any atom is 0.224 e. The van der Waals surface area contributed by atoms with Crippen molar-refractivity contribution in [3.63, 3.8) is 0 Å². The zero-order valence-electron chi connectivity index (χ0n) is 11.1. The summed E-state index contributed by atoms with van der Waals surface area (Å²) in [7, 11) is 0. The third kappa shape index (κ3) is 6.27. The summed E-state index contributed by atoms with van der Waals surface area (Å²) in [4.78, 5) is 11.9. The number of hydrogen-bond acceptors (Lipinski definition) is 2. The van der Waals surface area contributed by atoms with Crippen LogP contribution in [0.3, 0.4) is 0 Å². The van der Waals surface area contributed by atoms with E-state index in [4.69, 9.17) is 5.73 Å². The number of carbonyl (C=O) groups is 1. The molecule has 1 fully saturated rings. The fourth-order valence-corrected chi connectivity index (χ4v) is 2.17. The summed E-state index contributed by atoms with van der Waals surface area (Å²) in [5.74, 6) is 0.0472. The van der Waals surface area contributed by atoms with Crippen molar-refractivity contribution in [3.05, 3.63) is 0 Å². The molecule has 17 heavy (non-hydrogen) atoms. The number of halogens is 1. The Hall–Kier alpha value is -0.280. The van der Waals surface area contributed by atoms with E-state index in [1.807, 2.05) is 13.8 Å². The van der Waals surface area contributed by atoms with Gasteiger partial charge in [-0.05, 0) is 19.8 Å². The second-order valence-electron chi connectivity index (χ2n) is 5.20. The first-order chi connectivity index (χ1) is 7.61. The average molecular weight is 263 g/mol. The Morgan fingerprint density at radius 3 is 2.06 bits per heavy atom. The van der Waals surface area contributed by atoms with Gasteiger partial charge in [0.15, 0.2) is 0 Å². The first-order valence-corrected chi connectivity index (χ1v) is 6.67. The highest BCUT2D eigenvalue weighted by molar-refractivity contribution is 5.85. The molecule has 2 atom stereocenters. The van der Waals surface area contributed by atoms with Gasteiger partial charge in [-0.1, -0.05) is 39.0 Å². The zero-order chi connectivity index (χ0) is 12.0. The standard InChI is InChI=1S/C13H26N2O.ClH/c1-10(11(2)14)13(16)15-12-8-6-4-3-5-7-9-12;/h10-12H,3-9,14H2,1-2H3,(H,15,16);1H. The van der Waals surface area contributed by atoms with Crippen LogP contribution < -0.4 is 11.1 Å². The zero-order valence-corrected chi connectivity index (χ0v) is 11.9. The summed E-state index contributed by atoms with van der Waals surface area (Å²) in [6.07, 6.45) is 8.76. The lowest BCUT2D eigenvalue weighted by atomic mass is 9.95. The molecule has 0 bridgehead atoms. The maximum atomic E-state index is 11.9. The van der Waals surface area contributed by atoms with Gasteiger partial charge in [0.2, 0.25) is 5.91 Å². The highest BCUT2D eigenvalue weighted by Gasteiger charge is 2.20. The van der Waals surface area contributed by atoms with Crippen molar-refractivity contribution < 1.29 is 4.79 Å². The highest BCUT2D eigenvalue weighted by atomic mass is 35.5. The van der Waals surface area contributed by atoms with Gasteiger partial charge in [-0.15, -0.1) is 12.4 Å². The molecule has 3 N–H and O–H groups in total. The number of nitrogens with two attached hydrogens (primary N) is 1. The average Bonchev–Trinajstić information content (AvgIpc) is 2.20. The van der Waals surface area contributed by atoms with Gasteiger partial charge in [-0.3, -0.25) is 4.79 Å². The van der Waals surface area contributed by atoms with Crippen LogP contribution in [-0.2, 0) is 4.79 Å². The third-order valence-corrected chi connectivity index (χ3v) is 3.65. The summed E-state index contributed by atoms with van der Waals surface area (Å²) < 4.78 is 0. The lowest BCUT2D eigenvalue weighted by molar-refractivity contribution is -0.125. The van der Waals surface area contributed by atoms with Crippen LogP contribution in [0.15, 0.2) is 0 Å². The largest absolute Gasteiger partial charge is 0.353 e. The summed E-state index contributed by atoms with van der Waals surface area (Å²) in [6.45, 7) is 3.80. The maximum absolute atomic E-state index is 11.9. The quantitative estimate of drug-likeness (QED) is 0.822. The molecule has 1 amide bonds. The van der Waals surface area contributed by atoms with Crippen LogP contribution in [0.2, 0.25) is 0 Å². The highest BCUT2D eigenvalue weighted by Crippen LogP contribution is 2.17. The minimum Gasteiger partial charge on any atom is -0.353 e. The third-order valence-electron chi connectivity index (χ3n) is 3.65. The molecule has 2 unspecified atom stereocenters. The van der Waals surface area contributed by atoms with Crippen molar-refractivity contribution in [3.8, 4) is 0 Å². The van der Waals surface area contributed by atoms with E-state index in [0.717, 1.165) is 12.8 Å². The molecule has 1 aliphatic rings. The van der Waals surface area contributed by atoms with E-state index in [2.05, 4.69) is 5.32 Å². The molecule has 0 aromatic carbocycles. The van der Waals surface area contributed by atoms with Crippen LogP contribution in [0, 0.1) is 5.92 Å². The molecule has 0 aromatic heterocycles. The van der Waals surface area contributed by atoms with Gasteiger partial charge in [0, 0.05) is 18.0 Å². The topological polar surface area (TPSA) is 55.1 Å². The summed E-state index contributed by atoms with van der Waals surface area (Å²) in [6, 6.07) is 0.322. The van der Waals surface area contributed by atoms with Crippen LogP contribution >= 0.6 is 12.4 Å². The molecule has 4 heteroatoms. The van der Waals surface area contributed by atoms with Crippen LogP contribution in [-0.4, -0.2) is 18.0 Å². The van der Waals surface area contributed by atoms with Gasteiger partial charge in [-0.25, -0.2) is 0 Å². The molecule has 1 aliphatic carbocycles. The molecular weight excluding hydrogens is 236 g/mol. The Kier molecular flexibility index (Phi) is 8.61. The van der Waals surface area contributed by atoms with Gasteiger partial charge in [-0.2, -0.15) is 0 Å². The van der Waals surface area contributed by atoms with Crippen molar-refractivity contribution in [2.75, 3.05) is 0 Å². The smallest absolute Gasteiger partial charge is 0.224 e. The van der Waals surface area contributed by atoms with Crippen molar-refractivity contribution in [1.29, 1.82) is 0 Å². The molecule has 0 spiro atoms. The van der Waals surface area contributed by atoms with Gasteiger partial charge in [0.1, 0.15) is 0 Å². The number of carbonyl (C=O) groups excluding carboxylic acids is 1. The molecule has 0 aromatic rings. The molecule has 1 saturated carbocycles. The molecule has 0 aliphatic heterocycles. The molecule has 0 heterocycles. The normalized spacial score (nSPS) is 21.6. The Morgan fingerprint density at radius 1 is 1.12 bits per heavy atom. The van der Waals surface area contributed by atoms with Crippen molar-refractivity contribution in [1.82, 2.24) is 5.32 Å². The van der Waals surface area contributed by atoms with Crippen LogP contribution in [0.25, 0.3) is 0 Å². The summed E-state index contributed by atoms with van der Waals surface area (Å²) >= 11 is 0. The Bertz CT molecular complexity index is 213. The number of amides is 1. The molecule has 3 nitrogen and oxygen atoms in total. The van der Waals surface area contributed by atoms with Gasteiger partial charge >= 0.3 is 0 Å². The van der Waals surface area contributed by atoms with E-state index in [-0.39, 0.29) is 30.3 Å². The van der Waals surface area contributed by atoms with E-state index < -0.39 is 0 Å². The molecule has 0 radical (unpaired) electrons. The Morgan fingerprint density at radius 2 is 1.59 bits per heavy atom. The molecular formula is C13H27ClN2O. The number of hydrogen-bond donors (Lipinski definition) is 2. The Balaban J connectivity index is 0.00000256. The van der Waals surface area contributed by atoms with Crippen molar-refractivity contribution in [2.24, 2.45) is 11.7 Å². The second-order valence-corrected chi connectivity index (χ2v) is 5.20. The van der Waals surface area contributed by atoms with Crippen molar-refractivity contribution in [2.45, 2.75) is 70.9 Å². The Labute approximate surface area is 111 Å². The van der Waals surface area contributed by atoms with E-state index in [0.29, 0.717) is 6.04 Å². The fraction of sp³-hybridized carbons (Fsp3) is 0.923. The SMILES string of the molecule is CC(N)C(C)C(=O)NC1CCCCCCC1.Cl. The predicted octanol–water partition coefficient (Wildman–Crippen LogP) is 2.62. The van der Waals surface area contributed by atoms with E-state index >= 15 is 0 Å². The molecule has 102 valence electrons. The molecule has 0 saturated heterocycles. The van der Waals surface area contributed by atoms with E-state index in [1.165, 1.54) is 32.1 Å². The minimum atomic E-state index is -0.0783. The van der Waals surface area contributed by atoms with E-state index in [9.17, 15) is 4.79 Å². The monoisotopic (exact) mass is 262 g/mol. The number of nitrogens with one attached hydrogen (secondary N) is 1. The summed E-state index contributed by atoms with van der Waals surface area (Å²) in [5.41, 5.74) is 5.74.